The van der Waals surface area contributed by atoms with E-state index >= 15 is 0 Å². The van der Waals surface area contributed by atoms with Crippen molar-refractivity contribution in [2.75, 3.05) is 0 Å². The number of rotatable bonds is 1. The zero-order chi connectivity index (χ0) is 8.59. The minimum Gasteiger partial charge on any atom is -0.541 e. The molecule has 0 saturated carbocycles. The largest absolute Gasteiger partial charge is 0.541 e. The lowest BCUT2D eigenvalue weighted by Gasteiger charge is -1.93. The summed E-state index contributed by atoms with van der Waals surface area (Å²) >= 11 is 0. The van der Waals surface area contributed by atoms with Crippen molar-refractivity contribution in [2.45, 2.75) is 0 Å². The molecule has 4 nitrogen and oxygen atoms in total. The van der Waals surface area contributed by atoms with Crippen LogP contribution >= 0.6 is 0 Å². The SMILES string of the molecule is [2H]c1n(C)cc(C(=O)[O-])[n+]1C. The Morgan fingerprint density at radius 2 is 2.60 bits per heavy atom. The van der Waals surface area contributed by atoms with Gasteiger partial charge in [0.05, 0.1) is 14.1 Å². The summed E-state index contributed by atoms with van der Waals surface area (Å²) < 4.78 is 9.95. The number of aromatic nitrogens is 2. The number of imidazole rings is 1. The zero-order valence-corrected chi connectivity index (χ0v) is 5.79. The van der Waals surface area contributed by atoms with Crippen molar-refractivity contribution >= 4 is 5.97 Å². The maximum Gasteiger partial charge on any atom is 0.243 e. The number of carbonyl (C=O) groups excluding carboxylic acids is 1. The highest BCUT2D eigenvalue weighted by Gasteiger charge is 2.06. The van der Waals surface area contributed by atoms with E-state index in [4.69, 9.17) is 1.37 Å². The molecule has 0 aromatic carbocycles. The average Bonchev–Trinajstić information content (AvgIpc) is 2.17. The molecule has 0 N–H and O–H groups in total. The van der Waals surface area contributed by atoms with E-state index in [1.807, 2.05) is 0 Å². The maximum atomic E-state index is 10.4. The second-order valence-corrected chi connectivity index (χ2v) is 2.07. The molecule has 0 aliphatic carbocycles. The van der Waals surface area contributed by atoms with Crippen molar-refractivity contribution in [3.05, 3.63) is 18.2 Å². The van der Waals surface area contributed by atoms with Crippen LogP contribution in [0, 0.1) is 0 Å². The number of nitrogens with zero attached hydrogens (tertiary/aromatic N) is 2. The van der Waals surface area contributed by atoms with Gasteiger partial charge < -0.3 is 9.90 Å². The van der Waals surface area contributed by atoms with Crippen molar-refractivity contribution in [1.29, 1.82) is 0 Å². The first-order valence-electron chi connectivity index (χ1n) is 3.27. The van der Waals surface area contributed by atoms with Gasteiger partial charge in [-0.05, 0) is 0 Å². The molecular weight excluding hydrogens is 132 g/mol. The quantitative estimate of drug-likeness (QED) is 0.434. The Hall–Kier alpha value is -1.32. The molecule has 0 radical (unpaired) electrons. The predicted molar refractivity (Wildman–Crippen MR) is 30.9 cm³/mol. The molecule has 1 aromatic rings. The van der Waals surface area contributed by atoms with Gasteiger partial charge in [-0.25, -0.2) is 9.13 Å². The fourth-order valence-corrected chi connectivity index (χ4v) is 0.779. The third-order valence-electron chi connectivity index (χ3n) is 1.19. The van der Waals surface area contributed by atoms with E-state index in [1.54, 1.807) is 7.05 Å². The first-order valence-corrected chi connectivity index (χ1v) is 2.77. The van der Waals surface area contributed by atoms with Crippen molar-refractivity contribution in [1.82, 2.24) is 4.57 Å². The average molecular weight is 141 g/mol. The van der Waals surface area contributed by atoms with Crippen LogP contribution in [0.3, 0.4) is 0 Å². The highest BCUT2D eigenvalue weighted by Crippen LogP contribution is 1.86. The maximum absolute atomic E-state index is 10.4. The van der Waals surface area contributed by atoms with E-state index in [-0.39, 0.29) is 12.0 Å². The molecule has 1 heterocycles. The minimum atomic E-state index is -1.26. The second-order valence-electron chi connectivity index (χ2n) is 2.07. The fourth-order valence-electron chi connectivity index (χ4n) is 0.779. The highest BCUT2D eigenvalue weighted by molar-refractivity contribution is 5.81. The van der Waals surface area contributed by atoms with Crippen LogP contribution in [0.25, 0.3) is 0 Å². The summed E-state index contributed by atoms with van der Waals surface area (Å²) in [6.45, 7) is 0. The van der Waals surface area contributed by atoms with E-state index in [9.17, 15) is 9.90 Å². The summed E-state index contributed by atoms with van der Waals surface area (Å²) in [5, 5.41) is 10.4. The van der Waals surface area contributed by atoms with Gasteiger partial charge in [0.15, 0.2) is 7.06 Å². The molecule has 0 atom stereocenters. The molecule has 0 aliphatic heterocycles. The van der Waals surface area contributed by atoms with Crippen LogP contribution in [-0.4, -0.2) is 10.5 Å². The van der Waals surface area contributed by atoms with Gasteiger partial charge in [0.25, 0.3) is 0 Å². The Kier molecular flexibility index (Phi) is 1.16. The van der Waals surface area contributed by atoms with Gasteiger partial charge in [0, 0.05) is 0 Å². The van der Waals surface area contributed by atoms with Crippen LogP contribution in [0.1, 0.15) is 11.9 Å². The first kappa shape index (κ1) is 5.46. The topological polar surface area (TPSA) is 48.9 Å². The second kappa shape index (κ2) is 2.13. The standard InChI is InChI=1S/C6H8N2O2/c1-7-3-5(6(9)10)8(2)4-7/h3-4H,1-2H3/i4D. The molecule has 0 saturated heterocycles. The third kappa shape index (κ3) is 1.00. The van der Waals surface area contributed by atoms with Gasteiger partial charge in [-0.2, -0.15) is 0 Å². The highest BCUT2D eigenvalue weighted by atomic mass is 16.4. The molecule has 0 fully saturated rings. The molecule has 0 spiro atoms. The van der Waals surface area contributed by atoms with E-state index in [2.05, 4.69) is 0 Å². The third-order valence-corrected chi connectivity index (χ3v) is 1.19. The smallest absolute Gasteiger partial charge is 0.243 e. The molecule has 1 aromatic heterocycles. The lowest BCUT2D eigenvalue weighted by Crippen LogP contribution is -2.38. The molecule has 0 amide bonds. The lowest BCUT2D eigenvalue weighted by molar-refractivity contribution is -0.675. The van der Waals surface area contributed by atoms with Crippen molar-refractivity contribution < 1.29 is 15.8 Å². The summed E-state index contributed by atoms with van der Waals surface area (Å²) in [5.41, 5.74) is 0.0116. The van der Waals surface area contributed by atoms with Crippen LogP contribution in [0.15, 0.2) is 12.5 Å². The van der Waals surface area contributed by atoms with Crippen molar-refractivity contribution in [3.63, 3.8) is 0 Å². The van der Waals surface area contributed by atoms with Gasteiger partial charge in [-0.15, -0.1) is 0 Å². The van der Waals surface area contributed by atoms with Gasteiger partial charge in [0.1, 0.15) is 12.2 Å². The van der Waals surface area contributed by atoms with Gasteiger partial charge in [-0.1, -0.05) is 0 Å². The zero-order valence-electron chi connectivity index (χ0n) is 6.79. The number of aromatic carboxylic acids is 1. The Morgan fingerprint density at radius 3 is 2.80 bits per heavy atom. The molecular formula is C6H8N2O2. The van der Waals surface area contributed by atoms with Crippen LogP contribution in [0.4, 0.5) is 0 Å². The molecule has 4 heteroatoms. The normalized spacial score (nSPS) is 11.2. The summed E-state index contributed by atoms with van der Waals surface area (Å²) in [6.07, 6.45) is 1.47. The summed E-state index contributed by atoms with van der Waals surface area (Å²) in [6, 6.07) is 0. The van der Waals surface area contributed by atoms with Gasteiger partial charge >= 0.3 is 0 Å². The lowest BCUT2D eigenvalue weighted by atomic mass is 10.5. The number of carbonyl (C=O) groups is 1. The van der Waals surface area contributed by atoms with Crippen molar-refractivity contribution in [2.24, 2.45) is 14.1 Å². The molecule has 54 valence electrons. The van der Waals surface area contributed by atoms with E-state index in [0.717, 1.165) is 0 Å². The Labute approximate surface area is 59.7 Å². The Morgan fingerprint density at radius 1 is 2.00 bits per heavy atom. The molecule has 0 unspecified atom stereocenters. The van der Waals surface area contributed by atoms with Gasteiger partial charge in [0.2, 0.25) is 6.30 Å². The summed E-state index contributed by atoms with van der Waals surface area (Å²) in [7, 11) is 3.11. The molecule has 1 rings (SSSR count). The first-order chi connectivity index (χ1) is 5.04. The Bertz CT molecular complexity index is 306. The molecule has 0 bridgehead atoms. The van der Waals surface area contributed by atoms with E-state index in [1.165, 1.54) is 22.4 Å². The van der Waals surface area contributed by atoms with Crippen LogP contribution < -0.4 is 9.67 Å². The molecule has 10 heavy (non-hydrogen) atoms. The monoisotopic (exact) mass is 141 g/mol. The number of aryl methyl sites for hydroxylation is 1. The van der Waals surface area contributed by atoms with E-state index < -0.39 is 5.97 Å². The van der Waals surface area contributed by atoms with Gasteiger partial charge in [-0.3, -0.25) is 0 Å². The van der Waals surface area contributed by atoms with E-state index in [0.29, 0.717) is 0 Å². The summed E-state index contributed by atoms with van der Waals surface area (Å²) in [4.78, 5) is 10.4. The number of carboxylic acids is 1. The number of hydrogen-bond donors (Lipinski definition) is 0. The number of hydrogen-bond acceptors (Lipinski definition) is 2. The number of carboxylic acid groups (broad SMARTS) is 1. The summed E-state index contributed by atoms with van der Waals surface area (Å²) in [5.74, 6) is -1.26. The van der Waals surface area contributed by atoms with Crippen LogP contribution in [0.2, 0.25) is 0 Å². The molecule has 0 aliphatic rings. The minimum absolute atomic E-state index is 0.0116. The van der Waals surface area contributed by atoms with Crippen molar-refractivity contribution in [3.8, 4) is 0 Å². The van der Waals surface area contributed by atoms with Crippen LogP contribution in [0.5, 0.6) is 0 Å². The fraction of sp³-hybridized carbons (Fsp3) is 0.333. The predicted octanol–water partition coefficient (Wildman–Crippen LogP) is -1.79. The van der Waals surface area contributed by atoms with Crippen LogP contribution in [-0.2, 0) is 14.1 Å². The Balaban J connectivity index is 3.29.